The van der Waals surface area contributed by atoms with Gasteiger partial charge in [0.05, 0.1) is 12.0 Å². The molecule has 0 unspecified atom stereocenters. The molecule has 2 heterocycles. The zero-order valence-electron chi connectivity index (χ0n) is 14.1. The number of thiophene rings is 2. The van der Waals surface area contributed by atoms with Gasteiger partial charge >= 0.3 is 0 Å². The molecule has 2 nitrogen and oxygen atoms in total. The summed E-state index contributed by atoms with van der Waals surface area (Å²) in [6.45, 7) is 0. The number of benzene rings is 2. The first-order valence-corrected chi connectivity index (χ1v) is 9.93. The third kappa shape index (κ3) is 3.21. The van der Waals surface area contributed by atoms with Crippen molar-refractivity contribution in [1.82, 2.24) is 0 Å². The Morgan fingerprint density at radius 1 is 0.846 bits per heavy atom. The average Bonchev–Trinajstić information content (AvgIpc) is 3.41. The van der Waals surface area contributed by atoms with Crippen LogP contribution < -0.4 is 4.74 Å². The molecule has 0 atom stereocenters. The van der Waals surface area contributed by atoms with Crippen LogP contribution in [0, 0.1) is 0 Å². The zero-order valence-corrected chi connectivity index (χ0v) is 15.8. The molecule has 0 radical (unpaired) electrons. The Hall–Kier alpha value is -2.69. The van der Waals surface area contributed by atoms with Crippen molar-refractivity contribution < 1.29 is 9.53 Å². The highest BCUT2D eigenvalue weighted by molar-refractivity contribution is 7.13. The topological polar surface area (TPSA) is 26.3 Å². The highest BCUT2D eigenvalue weighted by atomic mass is 32.1. The van der Waals surface area contributed by atoms with Gasteiger partial charge in [-0.05, 0) is 52.2 Å². The number of ketones is 1. The molecular weight excluding hydrogens is 360 g/mol. The molecule has 0 saturated carbocycles. The van der Waals surface area contributed by atoms with Crippen LogP contribution in [0.15, 0.2) is 77.5 Å². The molecule has 0 N–H and O–H groups in total. The molecule has 0 aliphatic rings. The van der Waals surface area contributed by atoms with E-state index in [1.807, 2.05) is 65.4 Å². The number of carbonyl (C=O) groups excluding carboxylic acids is 1. The summed E-state index contributed by atoms with van der Waals surface area (Å²) in [5, 5.41) is 3.97. The summed E-state index contributed by atoms with van der Waals surface area (Å²) in [5.41, 5.74) is 3.80. The molecular formula is C22H16O2S2. The summed E-state index contributed by atoms with van der Waals surface area (Å²) in [6, 6.07) is 21.9. The van der Waals surface area contributed by atoms with Gasteiger partial charge in [-0.25, -0.2) is 0 Å². The number of hydrogen-bond acceptors (Lipinski definition) is 4. The zero-order chi connectivity index (χ0) is 17.9. The minimum Gasteiger partial charge on any atom is -0.497 e. The molecule has 4 aromatic rings. The van der Waals surface area contributed by atoms with Crippen molar-refractivity contribution in [3.8, 4) is 27.3 Å². The summed E-state index contributed by atoms with van der Waals surface area (Å²) >= 11 is 3.12. The second-order valence-corrected chi connectivity index (χ2v) is 7.67. The first-order chi connectivity index (χ1) is 12.8. The van der Waals surface area contributed by atoms with E-state index in [4.69, 9.17) is 4.74 Å². The lowest BCUT2D eigenvalue weighted by Gasteiger charge is -2.10. The smallest absolute Gasteiger partial charge is 0.203 e. The Balaban J connectivity index is 1.83. The maximum atomic E-state index is 13.1. The summed E-state index contributed by atoms with van der Waals surface area (Å²) in [4.78, 5) is 15.0. The molecule has 2 aromatic heterocycles. The maximum absolute atomic E-state index is 13.1. The Labute approximate surface area is 160 Å². The van der Waals surface area contributed by atoms with Gasteiger partial charge in [0.1, 0.15) is 5.75 Å². The number of hydrogen-bond donors (Lipinski definition) is 0. The molecule has 0 fully saturated rings. The van der Waals surface area contributed by atoms with Gasteiger partial charge in [-0.2, -0.15) is 0 Å². The van der Waals surface area contributed by atoms with E-state index in [1.54, 1.807) is 18.4 Å². The van der Waals surface area contributed by atoms with Crippen LogP contribution >= 0.6 is 22.7 Å². The molecule has 0 saturated heterocycles. The van der Waals surface area contributed by atoms with Gasteiger partial charge in [0.15, 0.2) is 0 Å². The Bertz CT molecular complexity index is 1010. The minimum atomic E-state index is 0.0683. The van der Waals surface area contributed by atoms with Gasteiger partial charge < -0.3 is 4.74 Å². The summed E-state index contributed by atoms with van der Waals surface area (Å²) < 4.78 is 5.23. The van der Waals surface area contributed by atoms with Crippen molar-refractivity contribution in [2.75, 3.05) is 7.11 Å². The molecule has 4 rings (SSSR count). The third-order valence-electron chi connectivity index (χ3n) is 4.22. The van der Waals surface area contributed by atoms with Gasteiger partial charge in [0, 0.05) is 16.0 Å². The third-order valence-corrected chi connectivity index (χ3v) is 5.99. The summed E-state index contributed by atoms with van der Waals surface area (Å²) in [7, 11) is 1.66. The van der Waals surface area contributed by atoms with Crippen LogP contribution in [0.1, 0.15) is 15.2 Å². The van der Waals surface area contributed by atoms with Crippen LogP contribution in [0.4, 0.5) is 0 Å². The fraction of sp³-hybridized carbons (Fsp3) is 0.0455. The summed E-state index contributed by atoms with van der Waals surface area (Å²) in [5.74, 6) is 0.887. The molecule has 26 heavy (non-hydrogen) atoms. The van der Waals surface area contributed by atoms with E-state index in [0.717, 1.165) is 37.8 Å². The molecule has 2 aromatic carbocycles. The van der Waals surface area contributed by atoms with E-state index >= 15 is 0 Å². The van der Waals surface area contributed by atoms with Gasteiger partial charge in [-0.3, -0.25) is 4.79 Å². The quantitative estimate of drug-likeness (QED) is 0.378. The lowest BCUT2D eigenvalue weighted by molar-refractivity contribution is 0.104. The predicted molar refractivity (Wildman–Crippen MR) is 109 cm³/mol. The van der Waals surface area contributed by atoms with Crippen LogP contribution in [0.25, 0.3) is 21.6 Å². The lowest BCUT2D eigenvalue weighted by Crippen LogP contribution is -2.01. The number of rotatable bonds is 5. The Morgan fingerprint density at radius 2 is 1.58 bits per heavy atom. The van der Waals surface area contributed by atoms with E-state index in [1.165, 1.54) is 11.3 Å². The van der Waals surface area contributed by atoms with Gasteiger partial charge in [0.2, 0.25) is 5.78 Å². The molecule has 0 amide bonds. The Kier molecular flexibility index (Phi) is 4.69. The lowest BCUT2D eigenvalue weighted by atomic mass is 9.95. The van der Waals surface area contributed by atoms with Crippen LogP contribution in [0.2, 0.25) is 0 Å². The summed E-state index contributed by atoms with van der Waals surface area (Å²) in [6.07, 6.45) is 0. The van der Waals surface area contributed by atoms with E-state index in [0.29, 0.717) is 0 Å². The van der Waals surface area contributed by atoms with Crippen LogP contribution in [-0.4, -0.2) is 12.9 Å². The van der Waals surface area contributed by atoms with E-state index in [-0.39, 0.29) is 5.78 Å². The second-order valence-electron chi connectivity index (χ2n) is 5.77. The largest absolute Gasteiger partial charge is 0.497 e. The van der Waals surface area contributed by atoms with Gasteiger partial charge in [0.25, 0.3) is 0 Å². The molecule has 0 spiro atoms. The van der Waals surface area contributed by atoms with Crippen LogP contribution in [-0.2, 0) is 0 Å². The van der Waals surface area contributed by atoms with Crippen molar-refractivity contribution in [2.45, 2.75) is 0 Å². The van der Waals surface area contributed by atoms with E-state index in [9.17, 15) is 4.79 Å². The fourth-order valence-electron chi connectivity index (χ4n) is 2.88. The molecule has 0 bridgehead atoms. The monoisotopic (exact) mass is 376 g/mol. The van der Waals surface area contributed by atoms with Crippen molar-refractivity contribution in [3.63, 3.8) is 0 Å². The van der Waals surface area contributed by atoms with Crippen molar-refractivity contribution in [1.29, 1.82) is 0 Å². The standard InChI is InChI=1S/C22H16O2S2/c1-24-17-9-6-15(7-10-17)16-8-11-18(20-4-2-12-25-20)19(14-16)22(23)21-5-3-13-26-21/h2-14H,1H3. The molecule has 128 valence electrons. The second kappa shape index (κ2) is 7.28. The van der Waals surface area contributed by atoms with Gasteiger partial charge in [-0.1, -0.05) is 36.4 Å². The fourth-order valence-corrected chi connectivity index (χ4v) is 4.33. The van der Waals surface area contributed by atoms with Crippen molar-refractivity contribution in [3.05, 3.63) is 87.9 Å². The molecule has 0 aliphatic carbocycles. The molecule has 0 aliphatic heterocycles. The highest BCUT2D eigenvalue weighted by Gasteiger charge is 2.17. The number of ether oxygens (including phenoxy) is 1. The average molecular weight is 377 g/mol. The minimum absolute atomic E-state index is 0.0683. The van der Waals surface area contributed by atoms with Crippen molar-refractivity contribution >= 4 is 28.5 Å². The SMILES string of the molecule is COc1ccc(-c2ccc(-c3cccs3)c(C(=O)c3cccs3)c2)cc1. The van der Waals surface area contributed by atoms with E-state index < -0.39 is 0 Å². The highest BCUT2D eigenvalue weighted by Crippen LogP contribution is 2.34. The molecule has 4 heteroatoms. The first kappa shape index (κ1) is 16.8. The maximum Gasteiger partial charge on any atom is 0.203 e. The normalized spacial score (nSPS) is 10.7. The van der Waals surface area contributed by atoms with Crippen LogP contribution in [0.5, 0.6) is 5.75 Å². The number of carbonyl (C=O) groups is 1. The van der Waals surface area contributed by atoms with Gasteiger partial charge in [-0.15, -0.1) is 22.7 Å². The predicted octanol–water partition coefficient (Wildman–Crippen LogP) is 6.38. The van der Waals surface area contributed by atoms with Crippen molar-refractivity contribution in [2.24, 2.45) is 0 Å². The number of methoxy groups -OCH3 is 1. The first-order valence-electron chi connectivity index (χ1n) is 8.17. The van der Waals surface area contributed by atoms with E-state index in [2.05, 4.69) is 12.1 Å². The van der Waals surface area contributed by atoms with Crippen LogP contribution in [0.3, 0.4) is 0 Å². The Morgan fingerprint density at radius 3 is 2.23 bits per heavy atom.